The van der Waals surface area contributed by atoms with Crippen LogP contribution in [-0.2, 0) is 0 Å². The van der Waals surface area contributed by atoms with Crippen molar-refractivity contribution in [2.45, 2.75) is 0 Å². The lowest BCUT2D eigenvalue weighted by molar-refractivity contribution is 0.668. The molecule has 127 heavy (non-hydrogen) atoms. The molecule has 0 unspecified atom stereocenters. The summed E-state index contributed by atoms with van der Waals surface area (Å²) in [5.41, 5.74) is 20.5. The largest absolute Gasteiger partial charge is 0.456 e. The molecule has 0 N–H and O–H groups in total. The van der Waals surface area contributed by atoms with Gasteiger partial charge in [0.15, 0.2) is 34.9 Å². The summed E-state index contributed by atoms with van der Waals surface area (Å²) in [4.78, 5) is 45.4. The molecule has 16 heteroatoms. The van der Waals surface area contributed by atoms with Gasteiger partial charge in [-0.1, -0.05) is 291 Å². The fourth-order valence-corrected chi connectivity index (χ4v) is 18.1. The quantitative estimate of drug-likeness (QED) is 0.126. The third-order valence-electron chi connectivity index (χ3n) is 24.0. The first kappa shape index (κ1) is 72.2. The van der Waals surface area contributed by atoms with Crippen LogP contribution >= 0.6 is 0 Å². The molecule has 27 aromatic rings. The standard InChI is InChI=1S/C39H22N4O2.C39H24N4O.C33H20N4O/c1-5-13-31-25(9-1)26-10-2-6-14-32(26)43(31)39-41-37(23-17-19-29-27-11-3-7-15-33(27)44-35(29)21-23)40-38(42-39)24-18-20-30-28-12-4-8-16-34(28)45-36(30)22-24;1-2-10-25(11-3-1)26-18-20-27(21-19-26)37-40-38(28-22-23-32-31-14-6-9-17-35(31)44-36(32)24-28)42-39(41-37)43-33-15-7-4-12-29(33)30-13-5-8-16-34(30)43;1-2-10-21(11-3-1)31-34-32(22-18-19-26-25-14-6-9-17-29(25)38-30(26)20-22)36-33(35-31)37-27-15-7-4-12-23(27)24-13-5-8-16-28(24)37/h1-22H;1-24H;1-20H. The summed E-state index contributed by atoms with van der Waals surface area (Å²) in [5.74, 6) is 5.22. The van der Waals surface area contributed by atoms with Crippen LogP contribution in [0.5, 0.6) is 0 Å². The molecule has 0 saturated heterocycles. The zero-order valence-electron chi connectivity index (χ0n) is 67.6. The molecule has 0 aliphatic heterocycles. The number of furan rings is 4. The van der Waals surface area contributed by atoms with E-state index in [4.69, 9.17) is 62.5 Å². The van der Waals surface area contributed by atoms with E-state index in [1.165, 1.54) is 5.56 Å². The number of nitrogens with zero attached hydrogens (tertiary/aromatic N) is 12. The highest BCUT2D eigenvalue weighted by Gasteiger charge is 2.25. The van der Waals surface area contributed by atoms with Gasteiger partial charge in [-0.15, -0.1) is 0 Å². The Morgan fingerprint density at radius 1 is 0.134 bits per heavy atom. The Kier molecular flexibility index (Phi) is 16.8. The van der Waals surface area contributed by atoms with Gasteiger partial charge >= 0.3 is 0 Å². The maximum absolute atomic E-state index is 6.24. The van der Waals surface area contributed by atoms with E-state index in [-0.39, 0.29) is 0 Å². The van der Waals surface area contributed by atoms with Crippen LogP contribution in [0.25, 0.3) is 250 Å². The van der Waals surface area contributed by atoms with E-state index in [1.54, 1.807) is 0 Å². The van der Waals surface area contributed by atoms with Gasteiger partial charge in [-0.05, 0) is 120 Å². The second-order valence-corrected chi connectivity index (χ2v) is 31.5. The first-order chi connectivity index (χ1) is 62.9. The van der Waals surface area contributed by atoms with Crippen molar-refractivity contribution in [1.82, 2.24) is 58.6 Å². The minimum Gasteiger partial charge on any atom is -0.456 e. The van der Waals surface area contributed by atoms with Crippen LogP contribution in [0, 0.1) is 0 Å². The number of benzene rings is 17. The Morgan fingerprint density at radius 2 is 0.315 bits per heavy atom. The van der Waals surface area contributed by atoms with E-state index < -0.39 is 0 Å². The lowest BCUT2D eigenvalue weighted by Crippen LogP contribution is -2.06. The van der Waals surface area contributed by atoms with E-state index in [2.05, 4.69) is 256 Å². The molecule has 0 aliphatic carbocycles. The molecule has 10 aromatic heterocycles. The SMILES string of the molecule is c1ccc(-c2ccc(-c3nc(-c4ccc5c(c4)oc4ccccc45)nc(-n4c5ccccc5c5ccccc54)n3)cc2)cc1.c1ccc(-c2nc(-c3ccc4c(c3)oc3ccccc34)nc(-n3c4ccccc4c4ccccc43)n2)cc1.c1ccc2c(c1)oc1cc(-c3nc(-c4ccc5c(c4)oc4ccccc45)nc(-n4c5ccccc5c5ccccc54)n3)ccc12. The molecular formula is C111H66N12O4. The van der Waals surface area contributed by atoms with Gasteiger partial charge in [-0.25, -0.2) is 15.0 Å². The predicted molar refractivity (Wildman–Crippen MR) is 510 cm³/mol. The molecule has 0 saturated carbocycles. The monoisotopic (exact) mass is 1630 g/mol. The summed E-state index contributed by atoms with van der Waals surface area (Å²) in [6.45, 7) is 0. The number of hydrogen-bond acceptors (Lipinski definition) is 13. The van der Waals surface area contributed by atoms with Gasteiger partial charge in [-0.3, -0.25) is 13.7 Å². The van der Waals surface area contributed by atoms with Crippen LogP contribution in [0.3, 0.4) is 0 Å². The summed E-state index contributed by atoms with van der Waals surface area (Å²) in [6, 6.07) is 136. The van der Waals surface area contributed by atoms with Gasteiger partial charge in [0.2, 0.25) is 17.8 Å². The van der Waals surface area contributed by atoms with Gasteiger partial charge < -0.3 is 17.7 Å². The first-order valence-corrected chi connectivity index (χ1v) is 42.0. The molecule has 0 aliphatic rings. The molecule has 0 bridgehead atoms. The number of aromatic nitrogens is 12. The summed E-state index contributed by atoms with van der Waals surface area (Å²) in [5, 5.41) is 15.5. The van der Waals surface area contributed by atoms with Crippen LogP contribution in [-0.4, -0.2) is 58.6 Å². The van der Waals surface area contributed by atoms with Crippen LogP contribution in [0.2, 0.25) is 0 Å². The minimum atomic E-state index is 0.543. The average molecular weight is 1630 g/mol. The fraction of sp³-hybridized carbons (Fsp3) is 0. The molecular weight excluding hydrogens is 1570 g/mol. The van der Waals surface area contributed by atoms with E-state index in [9.17, 15) is 0 Å². The third kappa shape index (κ3) is 12.4. The molecule has 16 nitrogen and oxygen atoms in total. The molecule has 0 atom stereocenters. The Hall–Kier alpha value is -17.6. The maximum Gasteiger partial charge on any atom is 0.238 e. The minimum absolute atomic E-state index is 0.543. The Labute approximate surface area is 722 Å². The highest BCUT2D eigenvalue weighted by Crippen LogP contribution is 2.42. The van der Waals surface area contributed by atoms with Gasteiger partial charge in [0, 0.05) is 109 Å². The van der Waals surface area contributed by atoms with Crippen molar-refractivity contribution < 1.29 is 17.7 Å². The van der Waals surface area contributed by atoms with Crippen LogP contribution in [0.15, 0.2) is 418 Å². The van der Waals surface area contributed by atoms with E-state index in [0.717, 1.165) is 192 Å². The topological polar surface area (TPSA) is 183 Å². The van der Waals surface area contributed by atoms with Gasteiger partial charge in [0.25, 0.3) is 0 Å². The highest BCUT2D eigenvalue weighted by molar-refractivity contribution is 6.13. The average Bonchev–Trinajstić information content (AvgIpc) is 1.60. The number of para-hydroxylation sites is 10. The second kappa shape index (κ2) is 29.6. The second-order valence-electron chi connectivity index (χ2n) is 31.5. The van der Waals surface area contributed by atoms with Crippen molar-refractivity contribution in [1.29, 1.82) is 0 Å². The number of rotatable bonds is 10. The number of fused-ring (bicyclic) bond motifs is 21. The van der Waals surface area contributed by atoms with Crippen molar-refractivity contribution in [3.63, 3.8) is 0 Å². The van der Waals surface area contributed by atoms with Crippen LogP contribution < -0.4 is 0 Å². The van der Waals surface area contributed by atoms with Gasteiger partial charge in [0.1, 0.15) is 44.7 Å². The molecule has 0 spiro atoms. The van der Waals surface area contributed by atoms with E-state index in [1.807, 2.05) is 158 Å². The normalized spacial score (nSPS) is 11.8. The smallest absolute Gasteiger partial charge is 0.238 e. The molecule has 17 aromatic carbocycles. The Balaban J connectivity index is 0.000000104. The van der Waals surface area contributed by atoms with Gasteiger partial charge in [-0.2, -0.15) is 29.9 Å². The summed E-state index contributed by atoms with van der Waals surface area (Å²) < 4.78 is 31.3. The highest BCUT2D eigenvalue weighted by atomic mass is 16.3. The molecule has 10 heterocycles. The summed E-state index contributed by atoms with van der Waals surface area (Å²) >= 11 is 0. The molecule has 594 valence electrons. The van der Waals surface area contributed by atoms with Crippen molar-refractivity contribution in [2.24, 2.45) is 0 Å². The van der Waals surface area contributed by atoms with E-state index in [0.29, 0.717) is 52.8 Å². The fourth-order valence-electron chi connectivity index (χ4n) is 18.1. The number of hydrogen-bond donors (Lipinski definition) is 0. The molecule has 0 amide bonds. The summed E-state index contributed by atoms with van der Waals surface area (Å²) in [6.07, 6.45) is 0. The Bertz CT molecular complexity index is 8780. The molecule has 0 fully saturated rings. The molecule has 27 rings (SSSR count). The molecule has 0 radical (unpaired) electrons. The predicted octanol–water partition coefficient (Wildman–Crippen LogP) is 28.2. The van der Waals surface area contributed by atoms with Crippen molar-refractivity contribution in [3.8, 4) is 97.3 Å². The van der Waals surface area contributed by atoms with Crippen molar-refractivity contribution in [2.75, 3.05) is 0 Å². The van der Waals surface area contributed by atoms with Crippen molar-refractivity contribution in [3.05, 3.63) is 400 Å². The lowest BCUT2D eigenvalue weighted by Gasteiger charge is -2.11. The Morgan fingerprint density at radius 3 is 0.583 bits per heavy atom. The van der Waals surface area contributed by atoms with Crippen LogP contribution in [0.4, 0.5) is 0 Å². The summed E-state index contributed by atoms with van der Waals surface area (Å²) in [7, 11) is 0. The van der Waals surface area contributed by atoms with Crippen molar-refractivity contribution >= 4 is 153 Å². The first-order valence-electron chi connectivity index (χ1n) is 42.0. The maximum atomic E-state index is 6.24. The third-order valence-corrected chi connectivity index (χ3v) is 24.0. The van der Waals surface area contributed by atoms with Crippen LogP contribution in [0.1, 0.15) is 0 Å². The van der Waals surface area contributed by atoms with Gasteiger partial charge in [0.05, 0.1) is 33.1 Å². The zero-order valence-corrected chi connectivity index (χ0v) is 67.6. The van der Waals surface area contributed by atoms with E-state index >= 15 is 0 Å². The zero-order chi connectivity index (χ0) is 83.6. The lowest BCUT2D eigenvalue weighted by atomic mass is 10.0.